The number of ether oxygens (including phenoxy) is 1. The molecule has 26 heavy (non-hydrogen) atoms. The number of halogens is 2. The van der Waals surface area contributed by atoms with Gasteiger partial charge in [-0.15, -0.1) is 0 Å². The van der Waals surface area contributed by atoms with E-state index in [1.165, 1.54) is 29.2 Å². The number of nitrogens with zero attached hydrogens (tertiary/aromatic N) is 1. The molecule has 1 saturated heterocycles. The first-order valence-corrected chi connectivity index (χ1v) is 8.74. The minimum atomic E-state index is -0.648. The topological polar surface area (TPSA) is 63.7 Å². The van der Waals surface area contributed by atoms with Gasteiger partial charge in [0, 0.05) is 28.7 Å². The average Bonchev–Trinajstić information content (AvgIpc) is 3.02. The van der Waals surface area contributed by atoms with Gasteiger partial charge in [-0.1, -0.05) is 28.1 Å². The Morgan fingerprint density at radius 2 is 1.77 bits per heavy atom. The predicted octanol–water partition coefficient (Wildman–Crippen LogP) is 3.37. The van der Waals surface area contributed by atoms with Crippen molar-refractivity contribution in [3.05, 3.63) is 64.4 Å². The van der Waals surface area contributed by atoms with Crippen molar-refractivity contribution in [2.24, 2.45) is 5.92 Å². The van der Waals surface area contributed by atoms with E-state index in [1.807, 2.05) is 0 Å². The van der Waals surface area contributed by atoms with Crippen molar-refractivity contribution < 1.29 is 23.5 Å². The molecule has 0 radical (unpaired) electrons. The quantitative estimate of drug-likeness (QED) is 0.550. The lowest BCUT2D eigenvalue weighted by molar-refractivity contribution is -0.147. The van der Waals surface area contributed by atoms with Crippen LogP contribution in [-0.2, 0) is 14.3 Å². The Morgan fingerprint density at radius 1 is 1.12 bits per heavy atom. The van der Waals surface area contributed by atoms with Crippen LogP contribution in [0.1, 0.15) is 16.8 Å². The van der Waals surface area contributed by atoms with Crippen molar-refractivity contribution in [1.82, 2.24) is 0 Å². The molecule has 1 fully saturated rings. The molecular formula is C19H15BrFNO4. The smallest absolute Gasteiger partial charge is 0.311 e. The van der Waals surface area contributed by atoms with Crippen LogP contribution < -0.4 is 4.90 Å². The van der Waals surface area contributed by atoms with Gasteiger partial charge in [0.2, 0.25) is 5.91 Å². The van der Waals surface area contributed by atoms with E-state index in [0.717, 1.165) is 4.47 Å². The third kappa shape index (κ3) is 4.16. The van der Waals surface area contributed by atoms with Crippen LogP contribution >= 0.6 is 15.9 Å². The van der Waals surface area contributed by atoms with Crippen LogP contribution in [-0.4, -0.2) is 30.8 Å². The Kier molecular flexibility index (Phi) is 5.46. The fraction of sp³-hybridized carbons (Fsp3) is 0.211. The van der Waals surface area contributed by atoms with E-state index in [0.29, 0.717) is 11.3 Å². The molecule has 0 N–H and O–H groups in total. The van der Waals surface area contributed by atoms with E-state index in [2.05, 4.69) is 15.9 Å². The maximum absolute atomic E-state index is 13.0. The largest absolute Gasteiger partial charge is 0.457 e. The first-order valence-electron chi connectivity index (χ1n) is 7.95. The van der Waals surface area contributed by atoms with E-state index in [1.54, 1.807) is 24.3 Å². The lowest BCUT2D eigenvalue weighted by Crippen LogP contribution is -2.27. The molecule has 1 amide bonds. The second-order valence-electron chi connectivity index (χ2n) is 5.92. The number of carbonyl (C=O) groups is 3. The molecule has 0 aromatic heterocycles. The molecule has 0 bridgehead atoms. The molecule has 1 aliphatic rings. The van der Waals surface area contributed by atoms with Crippen LogP contribution in [0.4, 0.5) is 10.1 Å². The number of anilines is 1. The Balaban J connectivity index is 1.57. The molecule has 0 saturated carbocycles. The molecule has 5 nitrogen and oxygen atoms in total. The Morgan fingerprint density at radius 3 is 2.42 bits per heavy atom. The first-order chi connectivity index (χ1) is 12.4. The lowest BCUT2D eigenvalue weighted by Gasteiger charge is -2.16. The van der Waals surface area contributed by atoms with Crippen LogP contribution in [0.15, 0.2) is 53.0 Å². The molecular weight excluding hydrogens is 405 g/mol. The zero-order valence-corrected chi connectivity index (χ0v) is 15.2. The molecule has 134 valence electrons. The Hall–Kier alpha value is -2.54. The van der Waals surface area contributed by atoms with E-state index in [4.69, 9.17) is 4.74 Å². The van der Waals surface area contributed by atoms with Crippen molar-refractivity contribution in [2.45, 2.75) is 6.42 Å². The summed E-state index contributed by atoms with van der Waals surface area (Å²) in [5.74, 6) is -2.19. The van der Waals surface area contributed by atoms with Gasteiger partial charge in [0.05, 0.1) is 5.92 Å². The van der Waals surface area contributed by atoms with Gasteiger partial charge in [0.25, 0.3) is 0 Å². The van der Waals surface area contributed by atoms with E-state index >= 15 is 0 Å². The number of esters is 1. The molecule has 2 aromatic rings. The molecule has 7 heteroatoms. The monoisotopic (exact) mass is 419 g/mol. The minimum Gasteiger partial charge on any atom is -0.457 e. The van der Waals surface area contributed by atoms with E-state index in [-0.39, 0.29) is 31.3 Å². The minimum absolute atomic E-state index is 0.00266. The summed E-state index contributed by atoms with van der Waals surface area (Å²) in [5, 5.41) is 0. The number of rotatable bonds is 5. The van der Waals surface area contributed by atoms with Gasteiger partial charge in [-0.25, -0.2) is 4.39 Å². The predicted molar refractivity (Wildman–Crippen MR) is 96.3 cm³/mol. The maximum Gasteiger partial charge on any atom is 0.311 e. The van der Waals surface area contributed by atoms with Crippen molar-refractivity contribution in [1.29, 1.82) is 0 Å². The molecule has 1 unspecified atom stereocenters. The fourth-order valence-corrected chi connectivity index (χ4v) is 2.97. The van der Waals surface area contributed by atoms with E-state index < -0.39 is 17.7 Å². The highest BCUT2D eigenvalue weighted by atomic mass is 79.9. The highest BCUT2D eigenvalue weighted by Gasteiger charge is 2.36. The zero-order valence-electron chi connectivity index (χ0n) is 13.7. The van der Waals surface area contributed by atoms with Crippen molar-refractivity contribution >= 4 is 39.3 Å². The van der Waals surface area contributed by atoms with Crippen LogP contribution in [0.3, 0.4) is 0 Å². The average molecular weight is 420 g/mol. The van der Waals surface area contributed by atoms with Gasteiger partial charge in [-0.2, -0.15) is 0 Å². The first kappa shape index (κ1) is 18.3. The standard InChI is InChI=1S/C19H15BrFNO4/c20-14-3-1-12(2-4-14)17(23)11-26-19(25)13-9-18(24)22(10-13)16-7-5-15(21)6-8-16/h1-8,13H,9-11H2. The highest BCUT2D eigenvalue weighted by Crippen LogP contribution is 2.26. The van der Waals surface area contributed by atoms with Crippen LogP contribution in [0, 0.1) is 11.7 Å². The van der Waals surface area contributed by atoms with Crippen LogP contribution in [0.2, 0.25) is 0 Å². The summed E-state index contributed by atoms with van der Waals surface area (Å²) in [5.41, 5.74) is 0.967. The van der Waals surface area contributed by atoms with Crippen molar-refractivity contribution in [3.8, 4) is 0 Å². The third-order valence-corrected chi connectivity index (χ3v) is 4.64. The number of benzene rings is 2. The van der Waals surface area contributed by atoms with Gasteiger partial charge in [-0.3, -0.25) is 14.4 Å². The van der Waals surface area contributed by atoms with Gasteiger partial charge >= 0.3 is 5.97 Å². The van der Waals surface area contributed by atoms with Crippen molar-refractivity contribution in [2.75, 3.05) is 18.1 Å². The summed E-state index contributed by atoms with van der Waals surface area (Å²) in [6.07, 6.45) is 0.00266. The van der Waals surface area contributed by atoms with Crippen LogP contribution in [0.25, 0.3) is 0 Å². The zero-order chi connectivity index (χ0) is 18.7. The molecule has 1 atom stereocenters. The highest BCUT2D eigenvalue weighted by molar-refractivity contribution is 9.10. The number of ketones is 1. The van der Waals surface area contributed by atoms with Gasteiger partial charge < -0.3 is 9.64 Å². The molecule has 1 heterocycles. The summed E-state index contributed by atoms with van der Waals surface area (Å²) in [6.45, 7) is -0.225. The van der Waals surface area contributed by atoms with Gasteiger partial charge in [0.1, 0.15) is 5.82 Å². The molecule has 0 spiro atoms. The van der Waals surface area contributed by atoms with Crippen molar-refractivity contribution in [3.63, 3.8) is 0 Å². The molecule has 1 aliphatic heterocycles. The van der Waals surface area contributed by atoms with Crippen LogP contribution in [0.5, 0.6) is 0 Å². The van der Waals surface area contributed by atoms with Gasteiger partial charge in [-0.05, 0) is 36.4 Å². The summed E-state index contributed by atoms with van der Waals surface area (Å²) >= 11 is 3.28. The maximum atomic E-state index is 13.0. The number of hydrogen-bond acceptors (Lipinski definition) is 4. The fourth-order valence-electron chi connectivity index (χ4n) is 2.71. The SMILES string of the molecule is O=C(COC(=O)C1CC(=O)N(c2ccc(F)cc2)C1)c1ccc(Br)cc1. The molecule has 2 aromatic carbocycles. The summed E-state index contributed by atoms with van der Waals surface area (Å²) in [4.78, 5) is 37.8. The summed E-state index contributed by atoms with van der Waals surface area (Å²) in [6, 6.07) is 12.2. The number of Topliss-reactive ketones (excluding diaryl/α,β-unsaturated/α-hetero) is 1. The molecule has 3 rings (SSSR count). The second kappa shape index (κ2) is 7.78. The number of amides is 1. The lowest BCUT2D eigenvalue weighted by atomic mass is 10.1. The van der Waals surface area contributed by atoms with Gasteiger partial charge in [0.15, 0.2) is 12.4 Å². The van der Waals surface area contributed by atoms with E-state index in [9.17, 15) is 18.8 Å². The second-order valence-corrected chi connectivity index (χ2v) is 6.84. The third-order valence-electron chi connectivity index (χ3n) is 4.11. The summed E-state index contributed by atoms with van der Waals surface area (Å²) < 4.78 is 18.9. The molecule has 0 aliphatic carbocycles. The Bertz CT molecular complexity index is 836. The summed E-state index contributed by atoms with van der Waals surface area (Å²) in [7, 11) is 0. The Labute approximate surface area is 157 Å². The number of carbonyl (C=O) groups excluding carboxylic acids is 3. The number of hydrogen-bond donors (Lipinski definition) is 0. The normalized spacial score (nSPS) is 16.6.